The molecule has 0 bridgehead atoms. The van der Waals surface area contributed by atoms with E-state index in [1.807, 2.05) is 13.1 Å². The summed E-state index contributed by atoms with van der Waals surface area (Å²) in [6.07, 6.45) is 6.70. The minimum absolute atomic E-state index is 0.198. The third-order valence-corrected chi connectivity index (χ3v) is 5.10. The summed E-state index contributed by atoms with van der Waals surface area (Å²) in [7, 11) is 1.99. The highest BCUT2D eigenvalue weighted by Crippen LogP contribution is 2.50. The SMILES string of the molecule is CNCCC1CCCCN1C(=O)C1(c2ccccc2)CC1. The standard InChI is InChI=1S/C18H26N2O/c1-19-13-10-16-9-5-6-14-20(16)17(21)18(11-12-18)15-7-3-2-4-8-15/h2-4,7-8,16,19H,5-6,9-14H2,1H3. The molecular formula is C18H26N2O. The number of carbonyl (C=O) groups excluding carboxylic acids is 1. The molecule has 2 aliphatic rings. The average Bonchev–Trinajstić information content (AvgIpc) is 3.35. The first-order valence-electron chi connectivity index (χ1n) is 8.29. The zero-order valence-electron chi connectivity index (χ0n) is 13.0. The van der Waals surface area contributed by atoms with Crippen molar-refractivity contribution in [2.45, 2.75) is 50.0 Å². The maximum atomic E-state index is 13.2. The van der Waals surface area contributed by atoms with Gasteiger partial charge in [0.1, 0.15) is 0 Å². The molecule has 1 aliphatic carbocycles. The van der Waals surface area contributed by atoms with Gasteiger partial charge in [-0.15, -0.1) is 0 Å². The van der Waals surface area contributed by atoms with Crippen molar-refractivity contribution in [2.75, 3.05) is 20.1 Å². The summed E-state index contributed by atoms with van der Waals surface area (Å²) >= 11 is 0. The lowest BCUT2D eigenvalue weighted by molar-refractivity contribution is -0.137. The van der Waals surface area contributed by atoms with Gasteiger partial charge in [0.2, 0.25) is 5.91 Å². The molecule has 1 N–H and O–H groups in total. The van der Waals surface area contributed by atoms with Gasteiger partial charge in [-0.05, 0) is 57.7 Å². The zero-order valence-corrected chi connectivity index (χ0v) is 13.0. The van der Waals surface area contributed by atoms with Crippen LogP contribution < -0.4 is 5.32 Å². The molecule has 1 atom stereocenters. The molecule has 0 aromatic heterocycles. The highest BCUT2D eigenvalue weighted by atomic mass is 16.2. The Morgan fingerprint density at radius 1 is 1.29 bits per heavy atom. The van der Waals surface area contributed by atoms with E-state index in [-0.39, 0.29) is 5.41 Å². The molecule has 0 spiro atoms. The first kappa shape index (κ1) is 14.6. The van der Waals surface area contributed by atoms with Gasteiger partial charge in [0.15, 0.2) is 0 Å². The summed E-state index contributed by atoms with van der Waals surface area (Å²) in [5.41, 5.74) is 1.02. The van der Waals surface area contributed by atoms with Gasteiger partial charge in [-0.25, -0.2) is 0 Å². The lowest BCUT2D eigenvalue weighted by Gasteiger charge is -2.38. The predicted molar refractivity (Wildman–Crippen MR) is 85.2 cm³/mol. The van der Waals surface area contributed by atoms with Crippen LogP contribution in [0.25, 0.3) is 0 Å². The summed E-state index contributed by atoms with van der Waals surface area (Å²) in [5.74, 6) is 0.384. The van der Waals surface area contributed by atoms with E-state index in [0.29, 0.717) is 11.9 Å². The molecule has 1 aromatic carbocycles. The second-order valence-electron chi connectivity index (χ2n) is 6.49. The van der Waals surface area contributed by atoms with Crippen LogP contribution in [-0.2, 0) is 10.2 Å². The summed E-state index contributed by atoms with van der Waals surface area (Å²) in [5, 5.41) is 3.22. The van der Waals surface area contributed by atoms with E-state index in [2.05, 4.69) is 34.5 Å². The number of carbonyl (C=O) groups is 1. The second kappa shape index (κ2) is 6.18. The highest BCUT2D eigenvalue weighted by Gasteiger charge is 2.53. The van der Waals surface area contributed by atoms with Crippen LogP contribution in [0.2, 0.25) is 0 Å². The molecule has 1 amide bonds. The maximum Gasteiger partial charge on any atom is 0.233 e. The molecule has 1 unspecified atom stereocenters. The summed E-state index contributed by atoms with van der Waals surface area (Å²) in [6, 6.07) is 10.8. The second-order valence-corrected chi connectivity index (χ2v) is 6.49. The first-order chi connectivity index (χ1) is 10.3. The van der Waals surface area contributed by atoms with Gasteiger partial charge in [0.05, 0.1) is 5.41 Å². The van der Waals surface area contributed by atoms with Gasteiger partial charge >= 0.3 is 0 Å². The van der Waals surface area contributed by atoms with Crippen molar-refractivity contribution in [1.82, 2.24) is 10.2 Å². The van der Waals surface area contributed by atoms with Crippen molar-refractivity contribution < 1.29 is 4.79 Å². The van der Waals surface area contributed by atoms with Crippen molar-refractivity contribution in [3.05, 3.63) is 35.9 Å². The van der Waals surface area contributed by atoms with Crippen LogP contribution in [0.1, 0.15) is 44.1 Å². The van der Waals surface area contributed by atoms with Crippen LogP contribution in [0, 0.1) is 0 Å². The minimum Gasteiger partial charge on any atom is -0.339 e. The monoisotopic (exact) mass is 286 g/mol. The molecule has 3 heteroatoms. The summed E-state index contributed by atoms with van der Waals surface area (Å²) in [4.78, 5) is 15.4. The molecule has 0 radical (unpaired) electrons. The number of nitrogens with zero attached hydrogens (tertiary/aromatic N) is 1. The Morgan fingerprint density at radius 3 is 2.71 bits per heavy atom. The Kier molecular flexibility index (Phi) is 4.29. The van der Waals surface area contributed by atoms with Crippen LogP contribution in [0.3, 0.4) is 0 Å². The number of nitrogens with one attached hydrogen (secondary N) is 1. The number of piperidine rings is 1. The van der Waals surface area contributed by atoms with Gasteiger partial charge in [-0.1, -0.05) is 30.3 Å². The lowest BCUT2D eigenvalue weighted by Crippen LogP contribution is -2.49. The smallest absolute Gasteiger partial charge is 0.233 e. The molecule has 3 rings (SSSR count). The Bertz CT molecular complexity index is 481. The number of likely N-dealkylation sites (tertiary alicyclic amines) is 1. The van der Waals surface area contributed by atoms with E-state index >= 15 is 0 Å². The Balaban J connectivity index is 1.77. The van der Waals surface area contributed by atoms with Gasteiger partial charge in [0.25, 0.3) is 0 Å². The fourth-order valence-corrected chi connectivity index (χ4v) is 3.66. The van der Waals surface area contributed by atoms with E-state index in [9.17, 15) is 4.79 Å². The van der Waals surface area contributed by atoms with E-state index in [4.69, 9.17) is 0 Å². The van der Waals surface area contributed by atoms with E-state index in [1.165, 1.54) is 12.0 Å². The predicted octanol–water partition coefficient (Wildman–Crippen LogP) is 2.71. The van der Waals surface area contributed by atoms with Gasteiger partial charge < -0.3 is 10.2 Å². The molecule has 21 heavy (non-hydrogen) atoms. The first-order valence-corrected chi connectivity index (χ1v) is 8.29. The Hall–Kier alpha value is -1.35. The van der Waals surface area contributed by atoms with Crippen molar-refractivity contribution in [3.8, 4) is 0 Å². The fraction of sp³-hybridized carbons (Fsp3) is 0.611. The molecule has 1 aliphatic heterocycles. The van der Waals surface area contributed by atoms with Crippen LogP contribution in [0.5, 0.6) is 0 Å². The van der Waals surface area contributed by atoms with Crippen molar-refractivity contribution in [2.24, 2.45) is 0 Å². The van der Waals surface area contributed by atoms with Crippen molar-refractivity contribution in [3.63, 3.8) is 0 Å². The largest absolute Gasteiger partial charge is 0.339 e. The number of rotatable bonds is 5. The van der Waals surface area contributed by atoms with E-state index < -0.39 is 0 Å². The number of amides is 1. The number of hydrogen-bond donors (Lipinski definition) is 1. The van der Waals surface area contributed by atoms with Gasteiger partial charge in [0, 0.05) is 12.6 Å². The van der Waals surface area contributed by atoms with E-state index in [1.54, 1.807) is 0 Å². The third kappa shape index (κ3) is 2.84. The van der Waals surface area contributed by atoms with Crippen LogP contribution >= 0.6 is 0 Å². The maximum absolute atomic E-state index is 13.2. The fourth-order valence-electron chi connectivity index (χ4n) is 3.66. The molecule has 1 aromatic rings. The van der Waals surface area contributed by atoms with Crippen LogP contribution in [0.15, 0.2) is 30.3 Å². The average molecular weight is 286 g/mol. The highest BCUT2D eigenvalue weighted by molar-refractivity contribution is 5.91. The van der Waals surface area contributed by atoms with Crippen LogP contribution in [-0.4, -0.2) is 37.0 Å². The van der Waals surface area contributed by atoms with Crippen molar-refractivity contribution >= 4 is 5.91 Å². The van der Waals surface area contributed by atoms with Gasteiger partial charge in [-0.3, -0.25) is 4.79 Å². The quantitative estimate of drug-likeness (QED) is 0.902. The van der Waals surface area contributed by atoms with Crippen LogP contribution in [0.4, 0.5) is 0 Å². The molecule has 1 saturated carbocycles. The molecule has 114 valence electrons. The minimum atomic E-state index is -0.198. The molecular weight excluding hydrogens is 260 g/mol. The van der Waals surface area contributed by atoms with E-state index in [0.717, 1.165) is 45.2 Å². The van der Waals surface area contributed by atoms with Crippen molar-refractivity contribution in [1.29, 1.82) is 0 Å². The molecule has 1 saturated heterocycles. The Labute approximate surface area is 127 Å². The lowest BCUT2D eigenvalue weighted by atomic mass is 9.91. The number of benzene rings is 1. The topological polar surface area (TPSA) is 32.3 Å². The molecule has 2 fully saturated rings. The number of hydrogen-bond acceptors (Lipinski definition) is 2. The molecule has 1 heterocycles. The van der Waals surface area contributed by atoms with Gasteiger partial charge in [-0.2, -0.15) is 0 Å². The molecule has 3 nitrogen and oxygen atoms in total. The third-order valence-electron chi connectivity index (χ3n) is 5.10. The Morgan fingerprint density at radius 2 is 2.05 bits per heavy atom. The summed E-state index contributed by atoms with van der Waals surface area (Å²) in [6.45, 7) is 1.94. The zero-order chi connectivity index (χ0) is 14.7. The normalized spacial score (nSPS) is 23.9. The summed E-state index contributed by atoms with van der Waals surface area (Å²) < 4.78 is 0.